The van der Waals surface area contributed by atoms with Gasteiger partial charge >= 0.3 is 12.2 Å². The number of pyridine rings is 1. The number of hydrogen-bond acceptors (Lipinski definition) is 9. The molecule has 228 valence electrons. The summed E-state index contributed by atoms with van der Waals surface area (Å²) in [4.78, 5) is 47.4. The predicted molar refractivity (Wildman–Crippen MR) is 159 cm³/mol. The van der Waals surface area contributed by atoms with Crippen molar-refractivity contribution in [2.45, 2.75) is 85.0 Å². The summed E-state index contributed by atoms with van der Waals surface area (Å²) in [5.74, 6) is 0.637. The minimum absolute atomic E-state index is 0.0358. The monoisotopic (exact) mass is 582 g/mol. The molecule has 0 bridgehead atoms. The number of benzene rings is 1. The van der Waals surface area contributed by atoms with E-state index in [0.29, 0.717) is 36.4 Å². The molecule has 0 unspecified atom stereocenters. The van der Waals surface area contributed by atoms with E-state index in [1.165, 1.54) is 17.9 Å². The zero-order chi connectivity index (χ0) is 31.1. The Balaban J connectivity index is 2.06. The second-order valence-electron chi connectivity index (χ2n) is 11.8. The fourth-order valence-electron chi connectivity index (χ4n) is 4.04. The molecule has 0 spiro atoms. The minimum atomic E-state index is -0.901. The summed E-state index contributed by atoms with van der Waals surface area (Å²) in [5, 5.41) is 3.65. The quantitative estimate of drug-likeness (QED) is 0.261. The van der Waals surface area contributed by atoms with Gasteiger partial charge < -0.3 is 24.3 Å². The summed E-state index contributed by atoms with van der Waals surface area (Å²) >= 11 is 0. The Kier molecular flexibility index (Phi) is 10.7. The van der Waals surface area contributed by atoms with Crippen LogP contribution in [0.5, 0.6) is 5.88 Å². The maximum absolute atomic E-state index is 13.4. The molecule has 11 heteroatoms. The molecule has 0 aliphatic rings. The Labute approximate surface area is 246 Å². The number of ketones is 1. The third-order valence-corrected chi connectivity index (χ3v) is 5.91. The van der Waals surface area contributed by atoms with E-state index in [1.807, 2.05) is 37.3 Å². The van der Waals surface area contributed by atoms with Gasteiger partial charge in [0.15, 0.2) is 0 Å². The predicted octanol–water partition coefficient (Wildman–Crippen LogP) is 6.23. The standard InChI is InChI=1S/C31H42N4O7/c1-9-21(36)14-12-16-40-19-25(34-28(37)41-30(2,3)4)26-32-24(18-35(26)29(38)42-31(5,6)7)22-17-20-13-10-11-15-23(20)33-27(22)39-8/h10-11,13,15,17-18,25H,9,12,14,16,19H2,1-8H3,(H,34,37)/t25-/m0/s1. The number of amides is 1. The Morgan fingerprint density at radius 2 is 1.69 bits per heavy atom. The first-order chi connectivity index (χ1) is 19.7. The molecular weight excluding hydrogens is 540 g/mol. The first kappa shape index (κ1) is 32.5. The highest BCUT2D eigenvalue weighted by molar-refractivity contribution is 5.86. The second-order valence-corrected chi connectivity index (χ2v) is 11.8. The van der Waals surface area contributed by atoms with Gasteiger partial charge in [-0.15, -0.1) is 0 Å². The first-order valence-electron chi connectivity index (χ1n) is 14.1. The lowest BCUT2D eigenvalue weighted by atomic mass is 10.1. The minimum Gasteiger partial charge on any atom is -0.480 e. The van der Waals surface area contributed by atoms with Gasteiger partial charge in [0.25, 0.3) is 0 Å². The van der Waals surface area contributed by atoms with Crippen molar-refractivity contribution in [2.24, 2.45) is 0 Å². The normalized spacial score (nSPS) is 12.6. The lowest BCUT2D eigenvalue weighted by Gasteiger charge is -2.24. The van der Waals surface area contributed by atoms with Gasteiger partial charge in [-0.05, 0) is 60.1 Å². The SMILES string of the molecule is CCC(=O)CCCOC[C@H](NC(=O)OC(C)(C)C)c1nc(-c2cc3ccccc3nc2OC)cn1C(=O)OC(C)(C)C. The number of rotatable bonds is 11. The number of hydrogen-bond donors (Lipinski definition) is 1. The van der Waals surface area contributed by atoms with Crippen LogP contribution in [0.2, 0.25) is 0 Å². The number of imidazole rings is 1. The van der Waals surface area contributed by atoms with Crippen molar-refractivity contribution in [3.63, 3.8) is 0 Å². The molecule has 2 aromatic heterocycles. The Bertz CT molecular complexity index is 1400. The van der Waals surface area contributed by atoms with E-state index in [9.17, 15) is 14.4 Å². The number of methoxy groups -OCH3 is 1. The molecule has 0 saturated carbocycles. The molecule has 3 rings (SSSR count). The third-order valence-electron chi connectivity index (χ3n) is 5.91. The highest BCUT2D eigenvalue weighted by Crippen LogP contribution is 2.32. The number of Topliss-reactive ketones (excluding diaryl/α,β-unsaturated/α-hetero) is 1. The molecule has 2 heterocycles. The van der Waals surface area contributed by atoms with E-state index in [-0.39, 0.29) is 24.8 Å². The summed E-state index contributed by atoms with van der Waals surface area (Å²) in [5.41, 5.74) is 0.123. The van der Waals surface area contributed by atoms with Crippen LogP contribution in [0.15, 0.2) is 36.5 Å². The number of carbonyl (C=O) groups excluding carboxylic acids is 3. The summed E-state index contributed by atoms with van der Waals surface area (Å²) in [6.07, 6.45) is 1.52. The van der Waals surface area contributed by atoms with Crippen molar-refractivity contribution in [3.8, 4) is 17.1 Å². The van der Waals surface area contributed by atoms with Crippen LogP contribution in [-0.4, -0.2) is 64.0 Å². The van der Waals surface area contributed by atoms with Gasteiger partial charge in [-0.1, -0.05) is 25.1 Å². The number of carbonyl (C=O) groups is 3. The molecule has 0 radical (unpaired) electrons. The van der Waals surface area contributed by atoms with Gasteiger partial charge in [0.1, 0.15) is 28.9 Å². The van der Waals surface area contributed by atoms with Crippen LogP contribution in [0.25, 0.3) is 22.2 Å². The largest absolute Gasteiger partial charge is 0.480 e. The van der Waals surface area contributed by atoms with E-state index in [1.54, 1.807) is 41.5 Å². The summed E-state index contributed by atoms with van der Waals surface area (Å²) in [7, 11) is 1.51. The maximum atomic E-state index is 13.4. The third kappa shape index (κ3) is 9.27. The van der Waals surface area contributed by atoms with Gasteiger partial charge in [-0.2, -0.15) is 0 Å². The van der Waals surface area contributed by atoms with Crippen molar-refractivity contribution in [1.29, 1.82) is 0 Å². The molecule has 0 fully saturated rings. The van der Waals surface area contributed by atoms with E-state index in [2.05, 4.69) is 10.3 Å². The van der Waals surface area contributed by atoms with Gasteiger partial charge in [0, 0.05) is 31.0 Å². The molecule has 1 amide bonds. The van der Waals surface area contributed by atoms with Crippen molar-refractivity contribution in [2.75, 3.05) is 20.3 Å². The Morgan fingerprint density at radius 3 is 2.33 bits per heavy atom. The van der Waals surface area contributed by atoms with Crippen LogP contribution in [0.4, 0.5) is 9.59 Å². The molecular formula is C31H42N4O7. The number of aromatic nitrogens is 3. The van der Waals surface area contributed by atoms with Crippen LogP contribution < -0.4 is 10.1 Å². The maximum Gasteiger partial charge on any atom is 0.420 e. The van der Waals surface area contributed by atoms with Crippen molar-refractivity contribution < 1.29 is 33.3 Å². The summed E-state index contributed by atoms with van der Waals surface area (Å²) < 4.78 is 23.9. The second kappa shape index (κ2) is 13.8. The molecule has 11 nitrogen and oxygen atoms in total. The zero-order valence-corrected chi connectivity index (χ0v) is 25.8. The lowest BCUT2D eigenvalue weighted by molar-refractivity contribution is -0.119. The number of para-hydroxylation sites is 1. The average molecular weight is 583 g/mol. The van der Waals surface area contributed by atoms with Crippen LogP contribution in [0.3, 0.4) is 0 Å². The fraction of sp³-hybridized carbons (Fsp3) is 0.516. The molecule has 42 heavy (non-hydrogen) atoms. The van der Waals surface area contributed by atoms with Gasteiger partial charge in [0.05, 0.1) is 30.5 Å². The zero-order valence-electron chi connectivity index (χ0n) is 25.8. The highest BCUT2D eigenvalue weighted by atomic mass is 16.6. The number of nitrogens with one attached hydrogen (secondary N) is 1. The van der Waals surface area contributed by atoms with Crippen molar-refractivity contribution in [3.05, 3.63) is 42.4 Å². The molecule has 0 aliphatic carbocycles. The first-order valence-corrected chi connectivity index (χ1v) is 14.1. The highest BCUT2D eigenvalue weighted by Gasteiger charge is 2.30. The molecule has 0 saturated heterocycles. The van der Waals surface area contributed by atoms with E-state index in [0.717, 1.165) is 10.9 Å². The fourth-order valence-corrected chi connectivity index (χ4v) is 4.04. The molecule has 3 aromatic rings. The van der Waals surface area contributed by atoms with Crippen LogP contribution in [0, 0.1) is 0 Å². The number of fused-ring (bicyclic) bond motifs is 1. The number of nitrogens with zero attached hydrogens (tertiary/aromatic N) is 3. The van der Waals surface area contributed by atoms with Gasteiger partial charge in [0.2, 0.25) is 5.88 Å². The van der Waals surface area contributed by atoms with Gasteiger partial charge in [-0.25, -0.2) is 24.1 Å². The van der Waals surface area contributed by atoms with Crippen LogP contribution >= 0.6 is 0 Å². The van der Waals surface area contributed by atoms with Crippen LogP contribution in [-0.2, 0) is 19.0 Å². The van der Waals surface area contributed by atoms with E-state index in [4.69, 9.17) is 23.9 Å². The van der Waals surface area contributed by atoms with Crippen LogP contribution in [0.1, 0.15) is 79.6 Å². The van der Waals surface area contributed by atoms with Crippen molar-refractivity contribution in [1.82, 2.24) is 19.9 Å². The average Bonchev–Trinajstić information content (AvgIpc) is 3.35. The Morgan fingerprint density at radius 1 is 1.00 bits per heavy atom. The van der Waals surface area contributed by atoms with Gasteiger partial charge in [-0.3, -0.25) is 4.79 Å². The smallest absolute Gasteiger partial charge is 0.420 e. The molecule has 1 aromatic carbocycles. The summed E-state index contributed by atoms with van der Waals surface area (Å²) in [6.45, 7) is 12.6. The van der Waals surface area contributed by atoms with Crippen molar-refractivity contribution >= 4 is 28.9 Å². The topological polar surface area (TPSA) is 131 Å². The summed E-state index contributed by atoms with van der Waals surface area (Å²) in [6, 6.07) is 8.55. The Hall–Kier alpha value is -3.99. The van der Waals surface area contributed by atoms with E-state index < -0.39 is 29.4 Å². The molecule has 1 atom stereocenters. The lowest BCUT2D eigenvalue weighted by Crippen LogP contribution is -2.39. The number of alkyl carbamates (subject to hydrolysis) is 1. The molecule has 1 N–H and O–H groups in total. The van der Waals surface area contributed by atoms with E-state index >= 15 is 0 Å². The molecule has 0 aliphatic heterocycles. The number of ether oxygens (including phenoxy) is 4.